The topological polar surface area (TPSA) is 15.3 Å². The van der Waals surface area contributed by atoms with Gasteiger partial charge in [-0.1, -0.05) is 42.5 Å². The second-order valence-electron chi connectivity index (χ2n) is 5.76. The predicted molar refractivity (Wildman–Crippen MR) is 89.8 cm³/mol. The highest BCUT2D eigenvalue weighted by molar-refractivity contribution is 5.42. The number of nitrogens with one attached hydrogen (secondary N) is 1. The minimum atomic E-state index is 1.05. The van der Waals surface area contributed by atoms with Crippen molar-refractivity contribution in [1.29, 1.82) is 0 Å². The van der Waals surface area contributed by atoms with E-state index in [-0.39, 0.29) is 0 Å². The summed E-state index contributed by atoms with van der Waals surface area (Å²) in [6, 6.07) is 19.4. The molecular weight excluding hydrogens is 256 g/mol. The van der Waals surface area contributed by atoms with Crippen molar-refractivity contribution in [1.82, 2.24) is 4.90 Å². The molecule has 2 nitrogen and oxygen atoms in total. The van der Waals surface area contributed by atoms with Crippen LogP contribution in [0.25, 0.3) is 0 Å². The minimum Gasteiger partial charge on any atom is -0.385 e. The molecule has 1 N–H and O–H groups in total. The predicted octanol–water partition coefficient (Wildman–Crippen LogP) is 3.59. The lowest BCUT2D eigenvalue weighted by Crippen LogP contribution is -2.28. The molecule has 2 aromatic rings. The highest BCUT2D eigenvalue weighted by atomic mass is 15.1. The Bertz CT molecular complexity index is 524. The number of hydrogen-bond donors (Lipinski definition) is 1. The van der Waals surface area contributed by atoms with Crippen molar-refractivity contribution < 1.29 is 0 Å². The number of nitrogens with zero attached hydrogens (tertiary/aromatic N) is 1. The van der Waals surface area contributed by atoms with Gasteiger partial charge in [0.1, 0.15) is 0 Å². The van der Waals surface area contributed by atoms with Crippen LogP contribution in [0.15, 0.2) is 54.6 Å². The van der Waals surface area contributed by atoms with Crippen LogP contribution in [0.2, 0.25) is 0 Å². The molecule has 3 rings (SSSR count). The van der Waals surface area contributed by atoms with E-state index in [1.165, 1.54) is 44.6 Å². The van der Waals surface area contributed by atoms with E-state index in [0.717, 1.165) is 6.54 Å². The van der Waals surface area contributed by atoms with Crippen molar-refractivity contribution in [3.05, 3.63) is 65.7 Å². The fraction of sp³-hybridized carbons (Fsp3) is 0.368. The molecule has 1 aliphatic rings. The summed E-state index contributed by atoms with van der Waals surface area (Å²) in [7, 11) is 0. The fourth-order valence-corrected chi connectivity index (χ4v) is 3.03. The largest absolute Gasteiger partial charge is 0.385 e. The summed E-state index contributed by atoms with van der Waals surface area (Å²) in [6.07, 6.45) is 3.59. The maximum Gasteiger partial charge on any atom is 0.0340 e. The SMILES string of the molecule is c1ccc(NCCCN2CCc3ccccc3CC2)cc1. The Hall–Kier alpha value is -1.80. The fourth-order valence-electron chi connectivity index (χ4n) is 3.03. The number of fused-ring (bicyclic) bond motifs is 1. The van der Waals surface area contributed by atoms with Crippen LogP contribution in [0.5, 0.6) is 0 Å². The average molecular weight is 280 g/mol. The minimum absolute atomic E-state index is 1.05. The molecule has 0 bridgehead atoms. The quantitative estimate of drug-likeness (QED) is 0.842. The summed E-state index contributed by atoms with van der Waals surface area (Å²) in [5, 5.41) is 3.49. The molecule has 1 aliphatic heterocycles. The molecule has 0 atom stereocenters. The summed E-state index contributed by atoms with van der Waals surface area (Å²) in [5.41, 5.74) is 4.31. The van der Waals surface area contributed by atoms with Crippen LogP contribution in [0.4, 0.5) is 5.69 Å². The molecule has 110 valence electrons. The van der Waals surface area contributed by atoms with Crippen LogP contribution in [0, 0.1) is 0 Å². The molecule has 0 fully saturated rings. The van der Waals surface area contributed by atoms with Crippen LogP contribution >= 0.6 is 0 Å². The lowest BCUT2D eigenvalue weighted by molar-refractivity contribution is 0.286. The lowest BCUT2D eigenvalue weighted by atomic mass is 10.0. The van der Waals surface area contributed by atoms with Gasteiger partial charge in [0, 0.05) is 25.3 Å². The maximum absolute atomic E-state index is 3.49. The third-order valence-corrected chi connectivity index (χ3v) is 4.27. The molecule has 0 spiro atoms. The zero-order chi connectivity index (χ0) is 14.3. The van der Waals surface area contributed by atoms with Gasteiger partial charge in [0.05, 0.1) is 0 Å². The average Bonchev–Trinajstić information content (AvgIpc) is 2.75. The first-order chi connectivity index (χ1) is 10.4. The summed E-state index contributed by atoms with van der Waals surface area (Å²) in [4.78, 5) is 2.60. The Morgan fingerprint density at radius 2 is 1.43 bits per heavy atom. The summed E-state index contributed by atoms with van der Waals surface area (Å²) in [5.74, 6) is 0. The van der Waals surface area contributed by atoms with Crippen LogP contribution in [-0.2, 0) is 12.8 Å². The van der Waals surface area contributed by atoms with Gasteiger partial charge < -0.3 is 10.2 Å². The maximum atomic E-state index is 3.49. The molecule has 0 amide bonds. The first-order valence-electron chi connectivity index (χ1n) is 8.00. The molecule has 0 unspecified atom stereocenters. The molecule has 0 saturated heterocycles. The Morgan fingerprint density at radius 3 is 2.10 bits per heavy atom. The van der Waals surface area contributed by atoms with E-state index in [1.807, 2.05) is 0 Å². The number of benzene rings is 2. The Kier molecular flexibility index (Phi) is 4.90. The van der Waals surface area contributed by atoms with Crippen LogP contribution in [0.3, 0.4) is 0 Å². The van der Waals surface area contributed by atoms with E-state index in [4.69, 9.17) is 0 Å². The van der Waals surface area contributed by atoms with Gasteiger partial charge in [0.15, 0.2) is 0 Å². The Balaban J connectivity index is 1.41. The van der Waals surface area contributed by atoms with Crippen molar-refractivity contribution >= 4 is 5.69 Å². The van der Waals surface area contributed by atoms with E-state index in [1.54, 1.807) is 11.1 Å². The number of para-hydroxylation sites is 1. The van der Waals surface area contributed by atoms with Crippen LogP contribution in [0.1, 0.15) is 17.5 Å². The number of rotatable bonds is 5. The van der Waals surface area contributed by atoms with Crippen LogP contribution < -0.4 is 5.32 Å². The lowest BCUT2D eigenvalue weighted by Gasteiger charge is -2.19. The summed E-state index contributed by atoms with van der Waals surface area (Å²) < 4.78 is 0. The molecule has 2 aromatic carbocycles. The van der Waals surface area contributed by atoms with Crippen molar-refractivity contribution in [2.75, 3.05) is 31.5 Å². The van der Waals surface area contributed by atoms with Crippen molar-refractivity contribution in [3.8, 4) is 0 Å². The highest BCUT2D eigenvalue weighted by Gasteiger charge is 2.12. The van der Waals surface area contributed by atoms with Crippen molar-refractivity contribution in [2.24, 2.45) is 0 Å². The molecule has 0 aliphatic carbocycles. The second kappa shape index (κ2) is 7.28. The van der Waals surface area contributed by atoms with Gasteiger partial charge in [-0.3, -0.25) is 0 Å². The first kappa shape index (κ1) is 14.2. The van der Waals surface area contributed by atoms with E-state index in [0.29, 0.717) is 0 Å². The Morgan fingerprint density at radius 1 is 0.810 bits per heavy atom. The third-order valence-electron chi connectivity index (χ3n) is 4.27. The van der Waals surface area contributed by atoms with Crippen molar-refractivity contribution in [3.63, 3.8) is 0 Å². The van der Waals surface area contributed by atoms with Gasteiger partial charge >= 0.3 is 0 Å². The van der Waals surface area contributed by atoms with Gasteiger partial charge in [0.25, 0.3) is 0 Å². The number of hydrogen-bond acceptors (Lipinski definition) is 2. The molecule has 0 aromatic heterocycles. The molecule has 21 heavy (non-hydrogen) atoms. The zero-order valence-corrected chi connectivity index (χ0v) is 12.6. The van der Waals surface area contributed by atoms with E-state index < -0.39 is 0 Å². The second-order valence-corrected chi connectivity index (χ2v) is 5.76. The monoisotopic (exact) mass is 280 g/mol. The summed E-state index contributed by atoms with van der Waals surface area (Å²) >= 11 is 0. The number of anilines is 1. The van der Waals surface area contributed by atoms with Crippen LogP contribution in [-0.4, -0.2) is 31.1 Å². The van der Waals surface area contributed by atoms with Gasteiger partial charge in [-0.05, 0) is 49.1 Å². The molecule has 0 radical (unpaired) electrons. The Labute approximate surface area is 127 Å². The normalized spacial score (nSPS) is 15.2. The van der Waals surface area contributed by atoms with E-state index in [2.05, 4.69) is 64.8 Å². The standard InChI is InChI=1S/C19H24N2/c1-2-9-19(10-3-1)20-13-6-14-21-15-11-17-7-4-5-8-18(17)12-16-21/h1-5,7-10,20H,6,11-16H2. The molecule has 1 heterocycles. The van der Waals surface area contributed by atoms with Gasteiger partial charge in [-0.2, -0.15) is 0 Å². The highest BCUT2D eigenvalue weighted by Crippen LogP contribution is 2.15. The van der Waals surface area contributed by atoms with Crippen molar-refractivity contribution in [2.45, 2.75) is 19.3 Å². The first-order valence-corrected chi connectivity index (χ1v) is 8.00. The van der Waals surface area contributed by atoms with Gasteiger partial charge in [-0.15, -0.1) is 0 Å². The molecule has 0 saturated carbocycles. The van der Waals surface area contributed by atoms with E-state index >= 15 is 0 Å². The smallest absolute Gasteiger partial charge is 0.0340 e. The molecule has 2 heteroatoms. The van der Waals surface area contributed by atoms with E-state index in [9.17, 15) is 0 Å². The molecular formula is C19H24N2. The van der Waals surface area contributed by atoms with Gasteiger partial charge in [0.2, 0.25) is 0 Å². The van der Waals surface area contributed by atoms with Gasteiger partial charge in [-0.25, -0.2) is 0 Å². The third kappa shape index (κ3) is 4.08. The zero-order valence-electron chi connectivity index (χ0n) is 12.6. The summed E-state index contributed by atoms with van der Waals surface area (Å²) in [6.45, 7) is 4.63.